The number of carbonyl (C=O) groups is 2. The van der Waals surface area contributed by atoms with Gasteiger partial charge in [-0.2, -0.15) is 0 Å². The summed E-state index contributed by atoms with van der Waals surface area (Å²) in [6.45, 7) is 3.56. The van der Waals surface area contributed by atoms with Crippen molar-refractivity contribution in [3.05, 3.63) is 40.4 Å². The smallest absolute Gasteiger partial charge is 0.325 e. The number of hydrogen-bond acceptors (Lipinski definition) is 5. The molecule has 1 fully saturated rings. The lowest BCUT2D eigenvalue weighted by molar-refractivity contribution is -0.142. The zero-order valence-corrected chi connectivity index (χ0v) is 20.8. The molecule has 4 bridgehead atoms. The maximum Gasteiger partial charge on any atom is 0.325 e. The van der Waals surface area contributed by atoms with E-state index in [4.69, 9.17) is 0 Å². The summed E-state index contributed by atoms with van der Waals surface area (Å²) in [5.74, 6) is -1.15. The van der Waals surface area contributed by atoms with Gasteiger partial charge in [-0.1, -0.05) is 30.7 Å². The van der Waals surface area contributed by atoms with Gasteiger partial charge in [-0.15, -0.1) is 5.10 Å². The number of aliphatic carboxylic acids is 1. The highest BCUT2D eigenvalue weighted by Gasteiger charge is 2.39. The minimum Gasteiger partial charge on any atom is -0.480 e. The Morgan fingerprint density at radius 2 is 2.00 bits per heavy atom. The summed E-state index contributed by atoms with van der Waals surface area (Å²) >= 11 is 3.83. The lowest BCUT2D eigenvalue weighted by Crippen LogP contribution is -2.43. The molecule has 1 amide bonds. The largest absolute Gasteiger partial charge is 0.480 e. The molecule has 3 N–H and O–H groups in total. The van der Waals surface area contributed by atoms with Gasteiger partial charge in [0.15, 0.2) is 5.82 Å². The number of hydrogen-bond donors (Lipinski definition) is 3. The molecule has 1 saturated carbocycles. The highest BCUT2D eigenvalue weighted by molar-refractivity contribution is 9.10. The molecule has 2 unspecified atom stereocenters. The maximum atomic E-state index is 13.0. The molecule has 2 aromatic heterocycles. The fourth-order valence-corrected chi connectivity index (χ4v) is 6.32. The molecule has 0 radical (unpaired) electrons. The van der Waals surface area contributed by atoms with Crippen LogP contribution < -0.4 is 5.32 Å². The predicted molar refractivity (Wildman–Crippen MR) is 134 cm³/mol. The number of nitrogens with one attached hydrogen (secondary N) is 2. The molecule has 2 aromatic carbocycles. The van der Waals surface area contributed by atoms with Crippen LogP contribution in [0.1, 0.15) is 37.8 Å². The minimum atomic E-state index is -1.06. The number of nitrogens with zero attached hydrogens (tertiary/aromatic N) is 4. The fraction of sp³-hybridized carbons (Fsp3) is 0.320. The minimum absolute atomic E-state index is 0.263. The van der Waals surface area contributed by atoms with Crippen LogP contribution in [0.2, 0.25) is 0 Å². The molecular formula is C25H23BrN6O3. The van der Waals surface area contributed by atoms with Crippen molar-refractivity contribution in [2.75, 3.05) is 0 Å². The highest BCUT2D eigenvalue weighted by Crippen LogP contribution is 2.51. The quantitative estimate of drug-likeness (QED) is 0.305. The number of aromatic amines is 1. The van der Waals surface area contributed by atoms with Crippen molar-refractivity contribution in [2.45, 2.75) is 45.2 Å². The van der Waals surface area contributed by atoms with E-state index in [9.17, 15) is 14.7 Å². The van der Waals surface area contributed by atoms with Crippen molar-refractivity contribution in [2.24, 2.45) is 5.92 Å². The Hall–Kier alpha value is -3.53. The molecule has 35 heavy (non-hydrogen) atoms. The number of amides is 1. The first-order valence-corrected chi connectivity index (χ1v) is 12.4. The van der Waals surface area contributed by atoms with Crippen molar-refractivity contribution in [3.63, 3.8) is 0 Å². The van der Waals surface area contributed by atoms with Crippen LogP contribution in [-0.2, 0) is 9.59 Å². The molecule has 2 heterocycles. The first kappa shape index (κ1) is 22.0. The molecule has 0 aliphatic heterocycles. The van der Waals surface area contributed by atoms with Gasteiger partial charge in [0.1, 0.15) is 6.04 Å². The molecule has 4 aromatic rings. The van der Waals surface area contributed by atoms with E-state index in [2.05, 4.69) is 72.9 Å². The summed E-state index contributed by atoms with van der Waals surface area (Å²) < 4.78 is 2.77. The zero-order chi connectivity index (χ0) is 24.4. The number of H-pyrrole nitrogens is 1. The molecule has 10 heteroatoms. The molecule has 0 saturated heterocycles. The Kier molecular flexibility index (Phi) is 5.03. The summed E-state index contributed by atoms with van der Waals surface area (Å²) in [5.41, 5.74) is 7.23. The Bertz CT molecular complexity index is 1520. The molecule has 3 atom stereocenters. The van der Waals surface area contributed by atoms with E-state index in [1.807, 2.05) is 6.07 Å². The molecule has 9 nitrogen and oxygen atoms in total. The van der Waals surface area contributed by atoms with Crippen LogP contribution in [0.3, 0.4) is 0 Å². The number of aryl methyl sites for hydroxylation is 1. The van der Waals surface area contributed by atoms with E-state index in [-0.39, 0.29) is 11.9 Å². The van der Waals surface area contributed by atoms with Crippen LogP contribution in [0, 0.1) is 12.8 Å². The van der Waals surface area contributed by atoms with Gasteiger partial charge in [0.05, 0.1) is 22.1 Å². The molecular weight excluding hydrogens is 512 g/mol. The second-order valence-electron chi connectivity index (χ2n) is 9.34. The molecule has 178 valence electrons. The van der Waals surface area contributed by atoms with Gasteiger partial charge in [0.2, 0.25) is 5.91 Å². The van der Waals surface area contributed by atoms with E-state index < -0.39 is 17.9 Å². The van der Waals surface area contributed by atoms with E-state index >= 15 is 0 Å². The number of tetrazole rings is 1. The van der Waals surface area contributed by atoms with Crippen molar-refractivity contribution in [1.29, 1.82) is 0 Å². The van der Waals surface area contributed by atoms with Crippen molar-refractivity contribution >= 4 is 38.7 Å². The summed E-state index contributed by atoms with van der Waals surface area (Å²) in [7, 11) is 0. The van der Waals surface area contributed by atoms with Crippen LogP contribution in [0.4, 0.5) is 0 Å². The third-order valence-electron chi connectivity index (χ3n) is 7.29. The van der Waals surface area contributed by atoms with Crippen LogP contribution in [0.15, 0.2) is 34.8 Å². The summed E-state index contributed by atoms with van der Waals surface area (Å²) in [6, 6.07) is 9.17. The third kappa shape index (κ3) is 3.23. The van der Waals surface area contributed by atoms with Gasteiger partial charge in [0.25, 0.3) is 0 Å². The van der Waals surface area contributed by atoms with Crippen molar-refractivity contribution < 1.29 is 14.7 Å². The Morgan fingerprint density at radius 1 is 1.20 bits per heavy atom. The number of fused-ring (bicyclic) bond motifs is 5. The Morgan fingerprint density at radius 3 is 2.80 bits per heavy atom. The van der Waals surface area contributed by atoms with Crippen LogP contribution in [0.25, 0.3) is 44.7 Å². The molecule has 0 spiro atoms. The Labute approximate surface area is 209 Å². The van der Waals surface area contributed by atoms with Gasteiger partial charge in [-0.25, -0.2) is 4.68 Å². The SMILES string of the molecule is Cc1ccc2[nH]c3c(Br)c2c1-c1cccc-3c1-c1nnnn1C1CCCC1C(=O)N[C@@H](C)C(=O)O. The van der Waals surface area contributed by atoms with E-state index in [0.717, 1.165) is 61.7 Å². The topological polar surface area (TPSA) is 126 Å². The highest BCUT2D eigenvalue weighted by atomic mass is 79.9. The van der Waals surface area contributed by atoms with Gasteiger partial charge >= 0.3 is 5.97 Å². The first-order valence-electron chi connectivity index (χ1n) is 11.6. The standard InChI is InChI=1S/C25H23BrN6O3/c1-11-9-10-16-20-18(11)14-6-3-7-15(22(28-16)21(20)26)19(14)23-29-30-31-32(23)17-8-4-5-13(17)24(33)27-12(2)25(34)35/h3,6-7,9-10,12-13,17,28H,4-5,8H2,1-2H3,(H,27,33)(H,34,35)/t12-,13?,17?/m0/s1. The number of carboxylic acid groups (broad SMARTS) is 1. The summed E-state index contributed by atoms with van der Waals surface area (Å²) in [5, 5.41) is 25.8. The van der Waals surface area contributed by atoms with Crippen LogP contribution in [-0.4, -0.2) is 48.2 Å². The number of carbonyl (C=O) groups excluding carboxylic acids is 1. The maximum absolute atomic E-state index is 13.0. The number of halogens is 1. The number of benzene rings is 2. The average molecular weight is 535 g/mol. The number of aromatic nitrogens is 5. The Balaban J connectivity index is 1.49. The first-order chi connectivity index (χ1) is 16.9. The lowest BCUT2D eigenvalue weighted by Gasteiger charge is -2.23. The predicted octanol–water partition coefficient (Wildman–Crippen LogP) is 4.47. The zero-order valence-electron chi connectivity index (χ0n) is 19.2. The van der Waals surface area contributed by atoms with Crippen molar-refractivity contribution in [3.8, 4) is 33.8 Å². The van der Waals surface area contributed by atoms with Gasteiger partial charge in [-0.05, 0) is 75.8 Å². The third-order valence-corrected chi connectivity index (χ3v) is 8.08. The monoisotopic (exact) mass is 534 g/mol. The lowest BCUT2D eigenvalue weighted by atomic mass is 9.91. The van der Waals surface area contributed by atoms with Crippen molar-refractivity contribution in [1.82, 2.24) is 30.5 Å². The van der Waals surface area contributed by atoms with E-state index in [1.165, 1.54) is 6.92 Å². The van der Waals surface area contributed by atoms with Gasteiger partial charge in [0, 0.05) is 22.0 Å². The summed E-state index contributed by atoms with van der Waals surface area (Å²) in [4.78, 5) is 27.8. The van der Waals surface area contributed by atoms with E-state index in [1.54, 1.807) is 4.68 Å². The van der Waals surface area contributed by atoms with E-state index in [0.29, 0.717) is 12.2 Å². The second-order valence-corrected chi connectivity index (χ2v) is 10.1. The number of rotatable bonds is 5. The average Bonchev–Trinajstić information content (AvgIpc) is 3.56. The second kappa shape index (κ2) is 8.01. The molecule has 2 aliphatic carbocycles. The van der Waals surface area contributed by atoms with Crippen LogP contribution >= 0.6 is 15.9 Å². The summed E-state index contributed by atoms with van der Waals surface area (Å²) in [6.07, 6.45) is 2.22. The number of carboxylic acids is 1. The van der Waals surface area contributed by atoms with Gasteiger partial charge < -0.3 is 15.4 Å². The van der Waals surface area contributed by atoms with Gasteiger partial charge in [-0.3, -0.25) is 9.59 Å². The fourth-order valence-electron chi connectivity index (χ4n) is 5.60. The molecule has 2 aliphatic rings. The molecule has 6 rings (SSSR count). The normalized spacial score (nSPS) is 19.2. The van der Waals surface area contributed by atoms with Crippen LogP contribution in [0.5, 0.6) is 0 Å².